The number of piperazine rings is 1. The van der Waals surface area contributed by atoms with Gasteiger partial charge in [0, 0.05) is 49.2 Å². The molecule has 0 saturated carbocycles. The van der Waals surface area contributed by atoms with Gasteiger partial charge in [0.2, 0.25) is 0 Å². The maximum Gasteiger partial charge on any atom is 0.123 e. The number of anilines is 2. The Morgan fingerprint density at radius 1 is 1.26 bits per heavy atom. The van der Waals surface area contributed by atoms with E-state index in [1.807, 2.05) is 13.0 Å². The Morgan fingerprint density at radius 3 is 3.00 bits per heavy atom. The van der Waals surface area contributed by atoms with E-state index in [0.717, 1.165) is 30.6 Å². The van der Waals surface area contributed by atoms with Gasteiger partial charge < -0.3 is 15.4 Å². The Balaban J connectivity index is 1.77. The number of nitrogen functional groups attached to an aromatic ring is 1. The quantitative estimate of drug-likeness (QED) is 0.845. The summed E-state index contributed by atoms with van der Waals surface area (Å²) in [5, 5.41) is 0. The van der Waals surface area contributed by atoms with E-state index in [1.165, 1.54) is 31.6 Å². The number of hydrogen-bond donors (Lipinski definition) is 1. The highest BCUT2D eigenvalue weighted by molar-refractivity contribution is 5.61. The lowest BCUT2D eigenvalue weighted by molar-refractivity contribution is 0.231. The van der Waals surface area contributed by atoms with Crippen molar-refractivity contribution < 1.29 is 4.74 Å². The minimum Gasteiger partial charge on any atom is -0.494 e. The highest BCUT2D eigenvalue weighted by Crippen LogP contribution is 2.29. The molecule has 2 aliphatic rings. The van der Waals surface area contributed by atoms with Crippen molar-refractivity contribution in [1.29, 1.82) is 0 Å². The molecule has 0 bridgehead atoms. The molecule has 1 aromatic rings. The highest BCUT2D eigenvalue weighted by Gasteiger charge is 2.30. The van der Waals surface area contributed by atoms with E-state index in [0.29, 0.717) is 6.61 Å². The molecular formula is C15H23N3O. The molecule has 0 aliphatic carbocycles. The fourth-order valence-electron chi connectivity index (χ4n) is 3.26. The van der Waals surface area contributed by atoms with Crippen LogP contribution in [-0.2, 0) is 0 Å². The molecule has 0 aromatic heterocycles. The van der Waals surface area contributed by atoms with Gasteiger partial charge in [0.15, 0.2) is 0 Å². The van der Waals surface area contributed by atoms with Crippen molar-refractivity contribution in [2.45, 2.75) is 25.8 Å². The summed E-state index contributed by atoms with van der Waals surface area (Å²) in [6.07, 6.45) is 2.68. The van der Waals surface area contributed by atoms with E-state index in [4.69, 9.17) is 10.5 Å². The first-order chi connectivity index (χ1) is 9.26. The zero-order valence-electron chi connectivity index (χ0n) is 11.6. The molecule has 3 rings (SSSR count). The number of ether oxygens (including phenoxy) is 1. The Bertz CT molecular complexity index is 449. The van der Waals surface area contributed by atoms with Crippen LogP contribution in [0.15, 0.2) is 18.2 Å². The van der Waals surface area contributed by atoms with Crippen LogP contribution in [0, 0.1) is 0 Å². The second kappa shape index (κ2) is 5.29. The van der Waals surface area contributed by atoms with Crippen LogP contribution in [0.25, 0.3) is 0 Å². The lowest BCUT2D eigenvalue weighted by Gasteiger charge is -2.39. The molecule has 2 saturated heterocycles. The van der Waals surface area contributed by atoms with Gasteiger partial charge in [-0.25, -0.2) is 0 Å². The van der Waals surface area contributed by atoms with E-state index in [1.54, 1.807) is 0 Å². The van der Waals surface area contributed by atoms with Gasteiger partial charge in [-0.2, -0.15) is 0 Å². The average molecular weight is 261 g/mol. The van der Waals surface area contributed by atoms with Crippen LogP contribution in [0.2, 0.25) is 0 Å². The van der Waals surface area contributed by atoms with Crippen LogP contribution >= 0.6 is 0 Å². The Morgan fingerprint density at radius 2 is 2.16 bits per heavy atom. The van der Waals surface area contributed by atoms with Gasteiger partial charge >= 0.3 is 0 Å². The van der Waals surface area contributed by atoms with Crippen LogP contribution in [0.3, 0.4) is 0 Å². The van der Waals surface area contributed by atoms with E-state index in [2.05, 4.69) is 21.9 Å². The van der Waals surface area contributed by atoms with Crippen molar-refractivity contribution in [2.75, 3.05) is 43.4 Å². The van der Waals surface area contributed by atoms with Crippen molar-refractivity contribution in [3.8, 4) is 5.75 Å². The van der Waals surface area contributed by atoms with E-state index in [9.17, 15) is 0 Å². The lowest BCUT2D eigenvalue weighted by atomic mass is 10.1. The molecule has 0 amide bonds. The molecule has 2 aliphatic heterocycles. The van der Waals surface area contributed by atoms with E-state index in [-0.39, 0.29) is 0 Å². The fraction of sp³-hybridized carbons (Fsp3) is 0.600. The van der Waals surface area contributed by atoms with Crippen LogP contribution in [0.4, 0.5) is 11.4 Å². The topological polar surface area (TPSA) is 41.7 Å². The predicted octanol–water partition coefficient (Wildman–Crippen LogP) is 1.95. The van der Waals surface area contributed by atoms with Gasteiger partial charge in [-0.3, -0.25) is 4.90 Å². The zero-order valence-corrected chi connectivity index (χ0v) is 11.6. The van der Waals surface area contributed by atoms with Gasteiger partial charge in [-0.15, -0.1) is 0 Å². The third kappa shape index (κ3) is 2.63. The van der Waals surface area contributed by atoms with Gasteiger partial charge in [0.25, 0.3) is 0 Å². The second-order valence-corrected chi connectivity index (χ2v) is 5.47. The molecular weight excluding hydrogens is 238 g/mol. The average Bonchev–Trinajstić information content (AvgIpc) is 2.85. The molecule has 4 heteroatoms. The maximum atomic E-state index is 5.99. The Labute approximate surface area is 115 Å². The standard InChI is InChI=1S/C15H23N3O/c1-2-19-15-9-12(16)8-14(10-15)18-7-6-17-5-3-4-13(17)11-18/h8-10,13H,2-7,11,16H2,1H3. The van der Waals surface area contributed by atoms with Crippen molar-refractivity contribution in [3.63, 3.8) is 0 Å². The molecule has 1 atom stereocenters. The monoisotopic (exact) mass is 261 g/mol. The molecule has 0 radical (unpaired) electrons. The number of benzene rings is 1. The van der Waals surface area contributed by atoms with Crippen LogP contribution < -0.4 is 15.4 Å². The largest absolute Gasteiger partial charge is 0.494 e. The van der Waals surface area contributed by atoms with Crippen molar-refractivity contribution in [2.24, 2.45) is 0 Å². The van der Waals surface area contributed by atoms with Gasteiger partial charge in [0.05, 0.1) is 6.61 Å². The van der Waals surface area contributed by atoms with Crippen LogP contribution in [0.1, 0.15) is 19.8 Å². The predicted molar refractivity (Wildman–Crippen MR) is 78.8 cm³/mol. The molecule has 104 valence electrons. The van der Waals surface area contributed by atoms with Gasteiger partial charge in [0.1, 0.15) is 5.75 Å². The van der Waals surface area contributed by atoms with E-state index < -0.39 is 0 Å². The molecule has 1 unspecified atom stereocenters. The molecule has 0 spiro atoms. The number of hydrogen-bond acceptors (Lipinski definition) is 4. The molecule has 2 N–H and O–H groups in total. The maximum absolute atomic E-state index is 5.99. The molecule has 1 aromatic carbocycles. The molecule has 19 heavy (non-hydrogen) atoms. The van der Waals surface area contributed by atoms with E-state index >= 15 is 0 Å². The normalized spacial score (nSPS) is 23.4. The zero-order chi connectivity index (χ0) is 13.2. The lowest BCUT2D eigenvalue weighted by Crippen LogP contribution is -2.50. The number of nitrogens with zero attached hydrogens (tertiary/aromatic N) is 2. The fourth-order valence-corrected chi connectivity index (χ4v) is 3.26. The number of rotatable bonds is 3. The number of fused-ring (bicyclic) bond motifs is 1. The first-order valence-corrected chi connectivity index (χ1v) is 7.28. The third-order valence-electron chi connectivity index (χ3n) is 4.18. The summed E-state index contributed by atoms with van der Waals surface area (Å²) in [6, 6.07) is 6.81. The first-order valence-electron chi connectivity index (χ1n) is 7.28. The molecule has 2 fully saturated rings. The summed E-state index contributed by atoms with van der Waals surface area (Å²) in [5.41, 5.74) is 7.98. The van der Waals surface area contributed by atoms with Crippen molar-refractivity contribution >= 4 is 11.4 Å². The summed E-state index contributed by atoms with van der Waals surface area (Å²) >= 11 is 0. The van der Waals surface area contributed by atoms with Gasteiger partial charge in [-0.1, -0.05) is 0 Å². The minimum absolute atomic E-state index is 0.680. The summed E-state index contributed by atoms with van der Waals surface area (Å²) in [7, 11) is 0. The van der Waals surface area contributed by atoms with Crippen LogP contribution in [0.5, 0.6) is 5.75 Å². The summed E-state index contributed by atoms with van der Waals surface area (Å²) in [5.74, 6) is 0.881. The molecule has 2 heterocycles. The molecule has 4 nitrogen and oxygen atoms in total. The Hall–Kier alpha value is -1.42. The number of nitrogens with two attached hydrogens (primary N) is 1. The highest BCUT2D eigenvalue weighted by atomic mass is 16.5. The second-order valence-electron chi connectivity index (χ2n) is 5.47. The van der Waals surface area contributed by atoms with Crippen molar-refractivity contribution in [3.05, 3.63) is 18.2 Å². The first kappa shape index (κ1) is 12.6. The summed E-state index contributed by atoms with van der Waals surface area (Å²) in [6.45, 7) is 7.34. The van der Waals surface area contributed by atoms with Crippen molar-refractivity contribution in [1.82, 2.24) is 4.90 Å². The third-order valence-corrected chi connectivity index (χ3v) is 4.18. The smallest absolute Gasteiger partial charge is 0.123 e. The Kier molecular flexibility index (Phi) is 3.51. The summed E-state index contributed by atoms with van der Waals surface area (Å²) in [4.78, 5) is 5.07. The summed E-state index contributed by atoms with van der Waals surface area (Å²) < 4.78 is 5.59. The van der Waals surface area contributed by atoms with Gasteiger partial charge in [-0.05, 0) is 32.4 Å². The SMILES string of the molecule is CCOc1cc(N)cc(N2CCN3CCCC3C2)c1. The van der Waals surface area contributed by atoms with Crippen LogP contribution in [-0.4, -0.2) is 43.7 Å². The minimum atomic E-state index is 0.680.